The Hall–Kier alpha value is -2.19. The molecule has 130 valence electrons. The van der Waals surface area contributed by atoms with Crippen molar-refractivity contribution in [3.8, 4) is 0 Å². The van der Waals surface area contributed by atoms with Crippen molar-refractivity contribution in [2.24, 2.45) is 7.05 Å². The molecule has 0 bridgehead atoms. The van der Waals surface area contributed by atoms with E-state index in [-0.39, 0.29) is 12.4 Å². The van der Waals surface area contributed by atoms with Crippen LogP contribution in [0.1, 0.15) is 6.42 Å². The second-order valence-corrected chi connectivity index (χ2v) is 5.59. The van der Waals surface area contributed by atoms with Crippen molar-refractivity contribution in [2.45, 2.75) is 18.4 Å². The maximum absolute atomic E-state index is 13.1. The van der Waals surface area contributed by atoms with Crippen LogP contribution >= 0.6 is 12.4 Å². The molecule has 1 saturated heterocycles. The number of amides is 1. The Kier molecular flexibility index (Phi) is 5.40. The lowest BCUT2D eigenvalue weighted by atomic mass is 10.1. The molecule has 1 atom stereocenters. The Morgan fingerprint density at radius 3 is 2.75 bits per heavy atom. The van der Waals surface area contributed by atoms with Crippen LogP contribution in [0.25, 0.3) is 0 Å². The van der Waals surface area contributed by atoms with E-state index in [2.05, 4.69) is 21.0 Å². The van der Waals surface area contributed by atoms with Crippen LogP contribution < -0.4 is 16.0 Å². The molecule has 1 aromatic heterocycles. The summed E-state index contributed by atoms with van der Waals surface area (Å²) in [6, 6.07) is 6.17. The highest BCUT2D eigenvalue weighted by molar-refractivity contribution is 5.95. The molecule has 3 rings (SSSR count). The van der Waals surface area contributed by atoms with E-state index < -0.39 is 30.8 Å². The topological polar surface area (TPSA) is 71.0 Å². The zero-order chi connectivity index (χ0) is 16.4. The van der Waals surface area contributed by atoms with Crippen molar-refractivity contribution in [3.63, 3.8) is 0 Å². The number of hydrogen-bond acceptors (Lipinski definition) is 4. The molecular formula is C15H18ClF2N5O. The first-order chi connectivity index (χ1) is 10.9. The second-order valence-electron chi connectivity index (χ2n) is 5.59. The molecule has 6 nitrogen and oxygen atoms in total. The number of halogens is 3. The highest BCUT2D eigenvalue weighted by Gasteiger charge is 2.42. The molecule has 3 N–H and O–H groups in total. The number of nitrogens with zero attached hydrogens (tertiary/aromatic N) is 2. The van der Waals surface area contributed by atoms with Crippen LogP contribution in [-0.2, 0) is 11.8 Å². The smallest absolute Gasteiger partial charge is 0.262 e. The summed E-state index contributed by atoms with van der Waals surface area (Å²) in [6.07, 6.45) is 3.01. The summed E-state index contributed by atoms with van der Waals surface area (Å²) in [5.74, 6) is -3.29. The summed E-state index contributed by atoms with van der Waals surface area (Å²) in [5, 5.41) is 12.4. The Bertz CT molecular complexity index is 721. The van der Waals surface area contributed by atoms with Crippen molar-refractivity contribution in [1.82, 2.24) is 15.1 Å². The number of carbonyl (C=O) groups excluding carboxylic acids is 1. The van der Waals surface area contributed by atoms with Crippen LogP contribution in [0, 0.1) is 0 Å². The average molecular weight is 358 g/mol. The van der Waals surface area contributed by atoms with E-state index in [9.17, 15) is 13.6 Å². The summed E-state index contributed by atoms with van der Waals surface area (Å²) >= 11 is 0. The lowest BCUT2D eigenvalue weighted by molar-refractivity contribution is -0.118. The SMILES string of the molecule is Cl.Cn1cc(Nc2cccc(NC(=O)C3CC(F)(F)CN3)c2)cn1. The van der Waals surface area contributed by atoms with Gasteiger partial charge in [-0.15, -0.1) is 12.4 Å². The summed E-state index contributed by atoms with van der Waals surface area (Å²) in [6.45, 7) is -0.465. The number of anilines is 3. The lowest BCUT2D eigenvalue weighted by Gasteiger charge is -2.12. The van der Waals surface area contributed by atoms with E-state index in [4.69, 9.17) is 0 Å². The third-order valence-corrected chi connectivity index (χ3v) is 3.55. The van der Waals surface area contributed by atoms with Crippen LogP contribution in [0.2, 0.25) is 0 Å². The van der Waals surface area contributed by atoms with Gasteiger partial charge >= 0.3 is 0 Å². The van der Waals surface area contributed by atoms with E-state index >= 15 is 0 Å². The Morgan fingerprint density at radius 2 is 2.12 bits per heavy atom. The highest BCUT2D eigenvalue weighted by atomic mass is 35.5. The number of alkyl halides is 2. The van der Waals surface area contributed by atoms with Crippen LogP contribution in [0.3, 0.4) is 0 Å². The molecule has 2 heterocycles. The number of hydrogen-bond donors (Lipinski definition) is 3. The molecular weight excluding hydrogens is 340 g/mol. The first kappa shape index (κ1) is 18.2. The number of rotatable bonds is 4. The number of benzene rings is 1. The van der Waals surface area contributed by atoms with Crippen molar-refractivity contribution in [3.05, 3.63) is 36.7 Å². The Balaban J connectivity index is 0.00000208. The fourth-order valence-electron chi connectivity index (χ4n) is 2.46. The summed E-state index contributed by atoms with van der Waals surface area (Å²) in [7, 11) is 1.81. The Labute approximate surface area is 144 Å². The number of nitrogens with one attached hydrogen (secondary N) is 3. The molecule has 1 aliphatic heterocycles. The van der Waals surface area contributed by atoms with Gasteiger partial charge in [-0.2, -0.15) is 5.10 Å². The molecule has 1 fully saturated rings. The second kappa shape index (κ2) is 7.14. The minimum absolute atomic E-state index is 0. The van der Waals surface area contributed by atoms with Gasteiger partial charge < -0.3 is 10.6 Å². The predicted octanol–water partition coefficient (Wildman–Crippen LogP) is 2.52. The quantitative estimate of drug-likeness (QED) is 0.786. The molecule has 0 spiro atoms. The van der Waals surface area contributed by atoms with Gasteiger partial charge in [-0.1, -0.05) is 6.07 Å². The van der Waals surface area contributed by atoms with Gasteiger partial charge in [-0.05, 0) is 18.2 Å². The number of aromatic nitrogens is 2. The summed E-state index contributed by atoms with van der Waals surface area (Å²) in [4.78, 5) is 12.0. The molecule has 24 heavy (non-hydrogen) atoms. The third-order valence-electron chi connectivity index (χ3n) is 3.55. The van der Waals surface area contributed by atoms with Gasteiger partial charge in [0.1, 0.15) is 0 Å². The van der Waals surface area contributed by atoms with Gasteiger partial charge in [0.25, 0.3) is 5.92 Å². The first-order valence-corrected chi connectivity index (χ1v) is 7.19. The van der Waals surface area contributed by atoms with E-state index in [1.165, 1.54) is 0 Å². The maximum Gasteiger partial charge on any atom is 0.262 e. The van der Waals surface area contributed by atoms with E-state index in [1.807, 2.05) is 19.3 Å². The molecule has 1 unspecified atom stereocenters. The molecule has 2 aromatic rings. The van der Waals surface area contributed by atoms with E-state index in [0.29, 0.717) is 5.69 Å². The minimum Gasteiger partial charge on any atom is -0.353 e. The lowest BCUT2D eigenvalue weighted by Crippen LogP contribution is -2.35. The normalized spacial score (nSPS) is 18.7. The predicted molar refractivity (Wildman–Crippen MR) is 90.2 cm³/mol. The number of aryl methyl sites for hydroxylation is 1. The van der Waals surface area contributed by atoms with Gasteiger partial charge in [0.2, 0.25) is 5.91 Å². The van der Waals surface area contributed by atoms with Crippen molar-refractivity contribution in [2.75, 3.05) is 17.2 Å². The van der Waals surface area contributed by atoms with Crippen LogP contribution in [0.4, 0.5) is 25.8 Å². The minimum atomic E-state index is -2.83. The molecule has 9 heteroatoms. The van der Waals surface area contributed by atoms with Gasteiger partial charge in [-0.3, -0.25) is 14.8 Å². The van der Waals surface area contributed by atoms with Crippen molar-refractivity contribution >= 4 is 35.4 Å². The summed E-state index contributed by atoms with van der Waals surface area (Å²) in [5.41, 5.74) is 2.12. The largest absolute Gasteiger partial charge is 0.353 e. The Morgan fingerprint density at radius 1 is 1.38 bits per heavy atom. The molecule has 0 saturated carbocycles. The third kappa shape index (κ3) is 4.42. The van der Waals surface area contributed by atoms with Crippen LogP contribution in [0.15, 0.2) is 36.7 Å². The van der Waals surface area contributed by atoms with Gasteiger partial charge in [0.15, 0.2) is 0 Å². The number of carbonyl (C=O) groups is 1. The van der Waals surface area contributed by atoms with Crippen molar-refractivity contribution < 1.29 is 13.6 Å². The van der Waals surface area contributed by atoms with Crippen LogP contribution in [-0.4, -0.2) is 34.2 Å². The van der Waals surface area contributed by atoms with Gasteiger partial charge in [0.05, 0.1) is 24.5 Å². The van der Waals surface area contributed by atoms with Gasteiger partial charge in [-0.25, -0.2) is 8.78 Å². The fraction of sp³-hybridized carbons (Fsp3) is 0.333. The maximum atomic E-state index is 13.1. The zero-order valence-electron chi connectivity index (χ0n) is 12.9. The molecule has 1 aromatic carbocycles. The highest BCUT2D eigenvalue weighted by Crippen LogP contribution is 2.26. The molecule has 1 amide bonds. The first-order valence-electron chi connectivity index (χ1n) is 7.19. The average Bonchev–Trinajstić information content (AvgIpc) is 3.05. The van der Waals surface area contributed by atoms with E-state index in [1.54, 1.807) is 29.1 Å². The van der Waals surface area contributed by atoms with Crippen molar-refractivity contribution in [1.29, 1.82) is 0 Å². The molecule has 0 aliphatic carbocycles. The standard InChI is InChI=1S/C15H17F2N5O.ClH/c1-22-8-12(7-19-22)20-10-3-2-4-11(5-10)21-14(23)13-6-15(16,17)9-18-13;/h2-5,7-8,13,18,20H,6,9H2,1H3,(H,21,23);1H. The molecule has 0 radical (unpaired) electrons. The van der Waals surface area contributed by atoms with Gasteiger partial charge in [0, 0.05) is 31.0 Å². The monoisotopic (exact) mass is 357 g/mol. The zero-order valence-corrected chi connectivity index (χ0v) is 13.7. The van der Waals surface area contributed by atoms with Crippen LogP contribution in [0.5, 0.6) is 0 Å². The molecule has 1 aliphatic rings. The fourth-order valence-corrected chi connectivity index (χ4v) is 2.46. The van der Waals surface area contributed by atoms with E-state index in [0.717, 1.165) is 11.4 Å². The summed E-state index contributed by atoms with van der Waals surface area (Å²) < 4.78 is 27.9.